The molecule has 0 bridgehead atoms. The summed E-state index contributed by atoms with van der Waals surface area (Å²) in [6.07, 6.45) is 0.865. The third-order valence-corrected chi connectivity index (χ3v) is 6.75. The highest BCUT2D eigenvalue weighted by atomic mass is 32.1. The molecule has 1 fully saturated rings. The number of amides is 2. The van der Waals surface area contributed by atoms with Crippen LogP contribution in [0.25, 0.3) is 10.1 Å². The second-order valence-electron chi connectivity index (χ2n) is 7.60. The van der Waals surface area contributed by atoms with E-state index >= 15 is 0 Å². The predicted molar refractivity (Wildman–Crippen MR) is 119 cm³/mol. The summed E-state index contributed by atoms with van der Waals surface area (Å²) in [7, 11) is 5.60. The van der Waals surface area contributed by atoms with Crippen LogP contribution in [0.15, 0.2) is 48.5 Å². The summed E-state index contributed by atoms with van der Waals surface area (Å²) in [5, 5.41) is 3.90. The molecule has 1 aliphatic rings. The Morgan fingerprint density at radius 2 is 1.93 bits per heavy atom. The minimum atomic E-state index is -0.0512. The first-order chi connectivity index (χ1) is 14.0. The van der Waals surface area contributed by atoms with Gasteiger partial charge in [-0.25, -0.2) is 0 Å². The number of fused-ring (bicyclic) bond motifs is 1. The third-order valence-electron chi connectivity index (χ3n) is 5.56. The van der Waals surface area contributed by atoms with Gasteiger partial charge in [-0.2, -0.15) is 0 Å². The van der Waals surface area contributed by atoms with Gasteiger partial charge >= 0.3 is 0 Å². The molecule has 1 aromatic heterocycles. The summed E-state index contributed by atoms with van der Waals surface area (Å²) in [4.78, 5) is 30.3. The van der Waals surface area contributed by atoms with Crippen LogP contribution in [-0.2, 0) is 0 Å². The maximum atomic E-state index is 13.1. The van der Waals surface area contributed by atoms with E-state index in [2.05, 4.69) is 17.4 Å². The standard InChI is InChI=1S/C23H25N3O2S/c1-24-22(27)21-20(18-9-4-5-10-19(18)29-21)16-11-12-26(14-16)23(28)15-7-6-8-17(13-15)25(2)3/h4-10,13,16H,11-12,14H2,1-3H3,(H,24,27)/t16-/m1/s1. The van der Waals surface area contributed by atoms with Gasteiger partial charge in [0.25, 0.3) is 11.8 Å². The first kappa shape index (κ1) is 19.5. The lowest BCUT2D eigenvalue weighted by atomic mass is 9.95. The summed E-state index contributed by atoms with van der Waals surface area (Å²) in [5.41, 5.74) is 2.80. The summed E-state index contributed by atoms with van der Waals surface area (Å²) in [6.45, 7) is 1.34. The molecule has 0 radical (unpaired) electrons. The van der Waals surface area contributed by atoms with E-state index < -0.39 is 0 Å². The van der Waals surface area contributed by atoms with Gasteiger partial charge in [-0.3, -0.25) is 9.59 Å². The number of nitrogens with zero attached hydrogens (tertiary/aromatic N) is 2. The molecule has 1 aliphatic heterocycles. The molecule has 2 aromatic carbocycles. The highest BCUT2D eigenvalue weighted by molar-refractivity contribution is 7.21. The van der Waals surface area contributed by atoms with Crippen LogP contribution in [0.5, 0.6) is 0 Å². The predicted octanol–water partition coefficient (Wildman–Crippen LogP) is 3.96. The molecule has 150 valence electrons. The smallest absolute Gasteiger partial charge is 0.261 e. The monoisotopic (exact) mass is 407 g/mol. The molecule has 29 heavy (non-hydrogen) atoms. The zero-order valence-electron chi connectivity index (χ0n) is 16.9. The Morgan fingerprint density at radius 1 is 1.14 bits per heavy atom. The lowest BCUT2D eigenvalue weighted by Gasteiger charge is -2.19. The van der Waals surface area contributed by atoms with Crippen LogP contribution in [0.1, 0.15) is 37.9 Å². The number of carbonyl (C=O) groups is 2. The Balaban J connectivity index is 1.63. The molecule has 3 aromatic rings. The summed E-state index contributed by atoms with van der Waals surface area (Å²) in [5.74, 6) is 0.168. The van der Waals surface area contributed by atoms with E-state index in [0.29, 0.717) is 18.7 Å². The van der Waals surface area contributed by atoms with Gasteiger partial charge in [-0.05, 0) is 41.6 Å². The highest BCUT2D eigenvalue weighted by Gasteiger charge is 2.32. The molecule has 0 unspecified atom stereocenters. The van der Waals surface area contributed by atoms with Crippen molar-refractivity contribution in [3.63, 3.8) is 0 Å². The third kappa shape index (κ3) is 3.60. The normalized spacial score (nSPS) is 16.2. The highest BCUT2D eigenvalue weighted by Crippen LogP contribution is 2.40. The van der Waals surface area contributed by atoms with Crippen molar-refractivity contribution in [1.82, 2.24) is 10.2 Å². The van der Waals surface area contributed by atoms with E-state index in [1.54, 1.807) is 7.05 Å². The van der Waals surface area contributed by atoms with Gasteiger partial charge in [-0.15, -0.1) is 11.3 Å². The fraction of sp³-hybridized carbons (Fsp3) is 0.304. The molecule has 4 rings (SSSR count). The van der Waals surface area contributed by atoms with Crippen molar-refractivity contribution < 1.29 is 9.59 Å². The van der Waals surface area contributed by atoms with Crippen molar-refractivity contribution in [3.8, 4) is 0 Å². The average Bonchev–Trinajstić information content (AvgIpc) is 3.37. The largest absolute Gasteiger partial charge is 0.378 e. The fourth-order valence-corrected chi connectivity index (χ4v) is 5.27. The zero-order chi connectivity index (χ0) is 20.5. The van der Waals surface area contributed by atoms with Gasteiger partial charge in [0, 0.05) is 56.1 Å². The molecule has 1 atom stereocenters. The van der Waals surface area contributed by atoms with E-state index in [1.807, 2.05) is 60.3 Å². The van der Waals surface area contributed by atoms with Gasteiger partial charge in [-0.1, -0.05) is 24.3 Å². The Hall–Kier alpha value is -2.86. The SMILES string of the molecule is CNC(=O)c1sc2ccccc2c1[C@@H]1CCN(C(=O)c2cccc(N(C)C)c2)C1. The Bertz CT molecular complexity index is 1070. The molecule has 0 aliphatic carbocycles. The van der Waals surface area contributed by atoms with Gasteiger partial charge in [0.05, 0.1) is 4.88 Å². The van der Waals surface area contributed by atoms with Crippen molar-refractivity contribution >= 4 is 38.9 Å². The molecular weight excluding hydrogens is 382 g/mol. The molecule has 2 heterocycles. The molecular formula is C23H25N3O2S. The lowest BCUT2D eigenvalue weighted by molar-refractivity contribution is 0.0791. The van der Waals surface area contributed by atoms with Crippen LogP contribution in [0.3, 0.4) is 0 Å². The van der Waals surface area contributed by atoms with Crippen LogP contribution >= 0.6 is 11.3 Å². The molecule has 1 saturated heterocycles. The first-order valence-corrected chi connectivity index (χ1v) is 10.6. The maximum Gasteiger partial charge on any atom is 0.261 e. The first-order valence-electron chi connectivity index (χ1n) is 9.79. The zero-order valence-corrected chi connectivity index (χ0v) is 17.8. The summed E-state index contributed by atoms with van der Waals surface area (Å²) >= 11 is 1.53. The van der Waals surface area contributed by atoms with Gasteiger partial charge in [0.1, 0.15) is 0 Å². The number of anilines is 1. The van der Waals surface area contributed by atoms with Gasteiger partial charge < -0.3 is 15.1 Å². The number of rotatable bonds is 4. The molecule has 2 amide bonds. The topological polar surface area (TPSA) is 52.7 Å². The van der Waals surface area contributed by atoms with Crippen molar-refractivity contribution in [3.05, 3.63) is 64.5 Å². The minimum absolute atomic E-state index is 0.0512. The van der Waals surface area contributed by atoms with Crippen LogP contribution in [0, 0.1) is 0 Å². The number of likely N-dealkylation sites (tertiary alicyclic amines) is 1. The minimum Gasteiger partial charge on any atom is -0.378 e. The molecule has 0 saturated carbocycles. The van der Waals surface area contributed by atoms with E-state index in [0.717, 1.165) is 32.6 Å². The second-order valence-corrected chi connectivity index (χ2v) is 8.65. The average molecular weight is 408 g/mol. The van der Waals surface area contributed by atoms with Crippen molar-refractivity contribution in [2.24, 2.45) is 0 Å². The van der Waals surface area contributed by atoms with E-state index in [9.17, 15) is 9.59 Å². The molecule has 6 heteroatoms. The second kappa shape index (κ2) is 7.87. The van der Waals surface area contributed by atoms with Gasteiger partial charge in [0.15, 0.2) is 0 Å². The number of hydrogen-bond acceptors (Lipinski definition) is 4. The molecule has 0 spiro atoms. The Morgan fingerprint density at radius 3 is 2.69 bits per heavy atom. The number of nitrogens with one attached hydrogen (secondary N) is 1. The van der Waals surface area contributed by atoms with E-state index in [4.69, 9.17) is 0 Å². The summed E-state index contributed by atoms with van der Waals surface area (Å²) < 4.78 is 1.12. The molecule has 5 nitrogen and oxygen atoms in total. The van der Waals surface area contributed by atoms with Crippen LogP contribution in [-0.4, -0.2) is 50.9 Å². The Labute approximate surface area is 174 Å². The quantitative estimate of drug-likeness (QED) is 0.712. The van der Waals surface area contributed by atoms with Gasteiger partial charge in [0.2, 0.25) is 0 Å². The summed E-state index contributed by atoms with van der Waals surface area (Å²) in [6, 6.07) is 15.9. The molecule has 1 N–H and O–H groups in total. The van der Waals surface area contributed by atoms with Crippen LogP contribution in [0.2, 0.25) is 0 Å². The van der Waals surface area contributed by atoms with Crippen LogP contribution < -0.4 is 10.2 Å². The van der Waals surface area contributed by atoms with Crippen molar-refractivity contribution in [1.29, 1.82) is 0 Å². The number of thiophene rings is 1. The lowest BCUT2D eigenvalue weighted by Crippen LogP contribution is -2.29. The number of benzene rings is 2. The fourth-order valence-electron chi connectivity index (χ4n) is 4.03. The Kier molecular flexibility index (Phi) is 5.28. The van der Waals surface area contributed by atoms with E-state index in [-0.39, 0.29) is 17.7 Å². The number of carbonyl (C=O) groups excluding carboxylic acids is 2. The number of hydrogen-bond donors (Lipinski definition) is 1. The van der Waals surface area contributed by atoms with Crippen molar-refractivity contribution in [2.45, 2.75) is 12.3 Å². The van der Waals surface area contributed by atoms with E-state index in [1.165, 1.54) is 11.3 Å². The van der Waals surface area contributed by atoms with Crippen LogP contribution in [0.4, 0.5) is 5.69 Å². The van der Waals surface area contributed by atoms with Crippen molar-refractivity contribution in [2.75, 3.05) is 39.1 Å². The maximum absolute atomic E-state index is 13.1.